The molecule has 0 aromatic carbocycles. The van der Waals surface area contributed by atoms with E-state index in [0.29, 0.717) is 25.2 Å². The van der Waals surface area contributed by atoms with Crippen LogP contribution in [0.15, 0.2) is 16.5 Å². The molecule has 3 rings (SSSR count). The zero-order chi connectivity index (χ0) is 13.9. The van der Waals surface area contributed by atoms with Gasteiger partial charge in [-0.15, -0.1) is 0 Å². The molecule has 1 N–H and O–H groups in total. The van der Waals surface area contributed by atoms with Gasteiger partial charge in [0.15, 0.2) is 0 Å². The molecule has 4 nitrogen and oxygen atoms in total. The monoisotopic (exact) mass is 279 g/mol. The van der Waals surface area contributed by atoms with Gasteiger partial charge in [-0.3, -0.25) is 4.90 Å². The summed E-state index contributed by atoms with van der Waals surface area (Å²) in [5, 5.41) is 8.72. The summed E-state index contributed by atoms with van der Waals surface area (Å²) in [6.07, 6.45) is 3.84. The predicted molar refractivity (Wildman–Crippen MR) is 76.6 cm³/mol. The Hall–Kier alpha value is -0.840. The number of ether oxygens (including phenoxy) is 1. The van der Waals surface area contributed by atoms with E-state index in [2.05, 4.69) is 24.0 Å². The van der Waals surface area contributed by atoms with Crippen LogP contribution in [-0.4, -0.2) is 42.4 Å². The zero-order valence-corrected chi connectivity index (χ0v) is 12.3. The van der Waals surface area contributed by atoms with E-state index in [9.17, 15) is 0 Å². The van der Waals surface area contributed by atoms with Gasteiger partial charge in [0.1, 0.15) is 11.5 Å². The van der Waals surface area contributed by atoms with Crippen molar-refractivity contribution in [3.8, 4) is 0 Å². The van der Waals surface area contributed by atoms with E-state index in [4.69, 9.17) is 14.3 Å². The molecule has 1 aromatic rings. The highest BCUT2D eigenvalue weighted by atomic mass is 16.5. The molecule has 112 valence electrons. The average Bonchev–Trinajstić information content (AvgIpc) is 3.35. The van der Waals surface area contributed by atoms with Gasteiger partial charge in [0.05, 0.1) is 26.4 Å². The smallest absolute Gasteiger partial charge is 0.118 e. The Kier molecular flexibility index (Phi) is 4.44. The van der Waals surface area contributed by atoms with Crippen LogP contribution in [0, 0.1) is 5.92 Å². The number of aliphatic hydroxyl groups excluding tert-OH is 1. The molecule has 0 radical (unpaired) electrons. The minimum absolute atomic E-state index is 0.102. The van der Waals surface area contributed by atoms with Crippen LogP contribution in [0.25, 0.3) is 0 Å². The van der Waals surface area contributed by atoms with Crippen molar-refractivity contribution in [1.29, 1.82) is 0 Å². The van der Waals surface area contributed by atoms with Gasteiger partial charge in [0, 0.05) is 18.5 Å². The van der Waals surface area contributed by atoms with Crippen molar-refractivity contribution < 1.29 is 14.3 Å². The second-order valence-electron chi connectivity index (χ2n) is 6.16. The van der Waals surface area contributed by atoms with E-state index in [0.717, 1.165) is 24.8 Å². The molecule has 0 amide bonds. The fourth-order valence-corrected chi connectivity index (χ4v) is 2.78. The summed E-state index contributed by atoms with van der Waals surface area (Å²) in [6.45, 7) is 5.30. The molecular formula is C16H25NO3. The largest absolute Gasteiger partial charge is 0.464 e. The maximum Gasteiger partial charge on any atom is 0.118 e. The Morgan fingerprint density at radius 2 is 2.15 bits per heavy atom. The standard InChI is InChI=1S/C16H25NO3/c1-12-10-15(12)16-5-4-14(20-16)11-17(13-2-3-13)6-8-19-9-7-18/h4-5,12-13,15,18H,2-3,6-11H2,1H3. The van der Waals surface area contributed by atoms with Crippen LogP contribution < -0.4 is 0 Å². The molecule has 2 fully saturated rings. The first kappa shape index (κ1) is 14.1. The Morgan fingerprint density at radius 1 is 1.35 bits per heavy atom. The van der Waals surface area contributed by atoms with Crippen molar-refractivity contribution >= 4 is 0 Å². The molecule has 2 aliphatic rings. The first-order valence-electron chi connectivity index (χ1n) is 7.79. The Morgan fingerprint density at radius 3 is 2.80 bits per heavy atom. The van der Waals surface area contributed by atoms with Crippen LogP contribution in [0.4, 0.5) is 0 Å². The lowest BCUT2D eigenvalue weighted by Gasteiger charge is -2.20. The predicted octanol–water partition coefficient (Wildman–Crippen LogP) is 2.38. The van der Waals surface area contributed by atoms with Crippen molar-refractivity contribution in [3.05, 3.63) is 23.7 Å². The second-order valence-corrected chi connectivity index (χ2v) is 6.16. The van der Waals surface area contributed by atoms with E-state index in [1.54, 1.807) is 0 Å². The molecule has 1 heterocycles. The molecule has 2 saturated carbocycles. The minimum atomic E-state index is 0.102. The molecule has 20 heavy (non-hydrogen) atoms. The average molecular weight is 279 g/mol. The van der Waals surface area contributed by atoms with Gasteiger partial charge >= 0.3 is 0 Å². The summed E-state index contributed by atoms with van der Waals surface area (Å²) < 4.78 is 11.4. The summed E-state index contributed by atoms with van der Waals surface area (Å²) >= 11 is 0. The van der Waals surface area contributed by atoms with E-state index >= 15 is 0 Å². The van der Waals surface area contributed by atoms with Gasteiger partial charge in [-0.1, -0.05) is 6.92 Å². The van der Waals surface area contributed by atoms with Gasteiger partial charge in [-0.05, 0) is 37.3 Å². The van der Waals surface area contributed by atoms with Crippen LogP contribution in [0.5, 0.6) is 0 Å². The number of furan rings is 1. The quantitative estimate of drug-likeness (QED) is 0.705. The third-order valence-corrected chi connectivity index (χ3v) is 4.34. The van der Waals surface area contributed by atoms with Crippen molar-refractivity contribution in [3.63, 3.8) is 0 Å². The lowest BCUT2D eigenvalue weighted by Crippen LogP contribution is -2.29. The summed E-state index contributed by atoms with van der Waals surface area (Å²) in [4.78, 5) is 2.44. The second kappa shape index (κ2) is 6.29. The SMILES string of the molecule is CC1CC1c1ccc(CN(CCOCCO)C2CC2)o1. The topological polar surface area (TPSA) is 45.8 Å². The first-order valence-corrected chi connectivity index (χ1v) is 7.79. The number of aliphatic hydroxyl groups is 1. The molecular weight excluding hydrogens is 254 g/mol. The lowest BCUT2D eigenvalue weighted by atomic mass is 10.3. The number of hydrogen-bond donors (Lipinski definition) is 1. The molecule has 0 bridgehead atoms. The number of nitrogens with zero attached hydrogens (tertiary/aromatic N) is 1. The maximum atomic E-state index is 8.72. The fraction of sp³-hybridized carbons (Fsp3) is 0.750. The van der Waals surface area contributed by atoms with Crippen LogP contribution in [0.1, 0.15) is 43.6 Å². The molecule has 0 aliphatic heterocycles. The summed E-state index contributed by atoms with van der Waals surface area (Å²) in [6, 6.07) is 4.97. The minimum Gasteiger partial charge on any atom is -0.464 e. The summed E-state index contributed by atoms with van der Waals surface area (Å²) in [5.74, 6) is 3.69. The van der Waals surface area contributed by atoms with Gasteiger partial charge in [-0.2, -0.15) is 0 Å². The van der Waals surface area contributed by atoms with Crippen LogP contribution in [0.2, 0.25) is 0 Å². The fourth-order valence-electron chi connectivity index (χ4n) is 2.78. The first-order chi connectivity index (χ1) is 9.78. The molecule has 0 saturated heterocycles. The van der Waals surface area contributed by atoms with Crippen LogP contribution >= 0.6 is 0 Å². The molecule has 0 spiro atoms. The van der Waals surface area contributed by atoms with Crippen molar-refractivity contribution in [2.45, 2.75) is 44.7 Å². The van der Waals surface area contributed by atoms with Gasteiger partial charge in [0.2, 0.25) is 0 Å². The molecule has 2 unspecified atom stereocenters. The van der Waals surface area contributed by atoms with E-state index in [1.807, 2.05) is 0 Å². The number of rotatable bonds is 9. The zero-order valence-electron chi connectivity index (χ0n) is 12.3. The van der Waals surface area contributed by atoms with Gasteiger partial charge < -0.3 is 14.3 Å². The van der Waals surface area contributed by atoms with Crippen molar-refractivity contribution in [1.82, 2.24) is 4.90 Å². The van der Waals surface area contributed by atoms with Crippen molar-refractivity contribution in [2.75, 3.05) is 26.4 Å². The highest BCUT2D eigenvalue weighted by Gasteiger charge is 2.37. The Balaban J connectivity index is 1.49. The van der Waals surface area contributed by atoms with E-state index < -0.39 is 0 Å². The van der Waals surface area contributed by atoms with Gasteiger partial charge in [-0.25, -0.2) is 0 Å². The normalized spacial score (nSPS) is 25.4. The summed E-state index contributed by atoms with van der Waals surface area (Å²) in [7, 11) is 0. The van der Waals surface area contributed by atoms with Crippen molar-refractivity contribution in [2.24, 2.45) is 5.92 Å². The van der Waals surface area contributed by atoms with E-state index in [1.165, 1.54) is 25.0 Å². The number of hydrogen-bond acceptors (Lipinski definition) is 4. The molecule has 2 atom stereocenters. The van der Waals surface area contributed by atoms with E-state index in [-0.39, 0.29) is 6.61 Å². The molecule has 1 aromatic heterocycles. The highest BCUT2D eigenvalue weighted by Crippen LogP contribution is 2.47. The van der Waals surface area contributed by atoms with Crippen LogP contribution in [0.3, 0.4) is 0 Å². The van der Waals surface area contributed by atoms with Crippen LogP contribution in [-0.2, 0) is 11.3 Å². The van der Waals surface area contributed by atoms with Gasteiger partial charge in [0.25, 0.3) is 0 Å². The Labute approximate surface area is 120 Å². The Bertz CT molecular complexity index is 427. The molecule has 4 heteroatoms. The lowest BCUT2D eigenvalue weighted by molar-refractivity contribution is 0.0685. The third kappa shape index (κ3) is 3.62. The molecule has 2 aliphatic carbocycles. The third-order valence-electron chi connectivity index (χ3n) is 4.34. The summed E-state index contributed by atoms with van der Waals surface area (Å²) in [5.41, 5.74) is 0. The highest BCUT2D eigenvalue weighted by molar-refractivity contribution is 5.17. The maximum absolute atomic E-state index is 8.72.